The van der Waals surface area contributed by atoms with Crippen molar-refractivity contribution in [1.82, 2.24) is 15.5 Å². The van der Waals surface area contributed by atoms with Gasteiger partial charge in [0.15, 0.2) is 11.5 Å². The Bertz CT molecular complexity index is 1130. The molecule has 0 radical (unpaired) electrons. The molecule has 3 N–H and O–H groups in total. The fraction of sp³-hybridized carbons (Fsp3) is 0.400. The van der Waals surface area contributed by atoms with Crippen LogP contribution in [0.15, 0.2) is 42.5 Å². The molecule has 0 spiro atoms. The third kappa shape index (κ3) is 5.62. The van der Waals surface area contributed by atoms with E-state index in [0.29, 0.717) is 53.7 Å². The van der Waals surface area contributed by atoms with Gasteiger partial charge in [0, 0.05) is 35.4 Å². The van der Waals surface area contributed by atoms with E-state index in [0.717, 1.165) is 12.8 Å². The van der Waals surface area contributed by atoms with E-state index in [2.05, 4.69) is 16.0 Å². The van der Waals surface area contributed by atoms with Gasteiger partial charge in [-0.05, 0) is 68.0 Å². The monoisotopic (exact) mass is 498 g/mol. The van der Waals surface area contributed by atoms with Gasteiger partial charge in [0.05, 0.1) is 0 Å². The molecule has 10 heteroatoms. The second-order valence-electron chi connectivity index (χ2n) is 9.07. The maximum absolute atomic E-state index is 13.1. The van der Waals surface area contributed by atoms with Gasteiger partial charge in [-0.1, -0.05) is 17.7 Å². The van der Waals surface area contributed by atoms with Gasteiger partial charge in [0.2, 0.25) is 12.7 Å². The second-order valence-corrected chi connectivity index (χ2v) is 9.50. The average molecular weight is 499 g/mol. The number of ether oxygens (including phenoxy) is 2. The van der Waals surface area contributed by atoms with Crippen molar-refractivity contribution in [2.24, 2.45) is 5.92 Å². The van der Waals surface area contributed by atoms with Crippen LogP contribution in [0.3, 0.4) is 0 Å². The standard InChI is InChI=1S/C25H27ClN4O5/c26-17-2-1-3-19(13-17)28-25(33)30-10-8-15(9-11-30)22(24(32)27-18-5-6-18)29-23(31)16-4-7-20-21(12-16)35-14-34-20/h1-4,7,12-13,15,18,22H,5-6,8-11,14H2,(H,27,32)(H,28,33)(H,29,31). The number of anilines is 1. The predicted octanol–water partition coefficient (Wildman–Crippen LogP) is 3.39. The molecule has 1 saturated carbocycles. The molecular formula is C25H27ClN4O5. The summed E-state index contributed by atoms with van der Waals surface area (Å²) < 4.78 is 10.7. The number of nitrogens with one attached hydrogen (secondary N) is 3. The van der Waals surface area contributed by atoms with Crippen LogP contribution in [0.4, 0.5) is 10.5 Å². The van der Waals surface area contributed by atoms with Gasteiger partial charge >= 0.3 is 6.03 Å². The van der Waals surface area contributed by atoms with Gasteiger partial charge in [0.25, 0.3) is 5.91 Å². The number of amides is 4. The fourth-order valence-corrected chi connectivity index (χ4v) is 4.57. The van der Waals surface area contributed by atoms with E-state index < -0.39 is 6.04 Å². The molecule has 0 aromatic heterocycles. The van der Waals surface area contributed by atoms with Crippen LogP contribution in [-0.2, 0) is 4.79 Å². The maximum Gasteiger partial charge on any atom is 0.321 e. The predicted molar refractivity (Wildman–Crippen MR) is 130 cm³/mol. The molecule has 184 valence electrons. The molecule has 1 aliphatic carbocycles. The van der Waals surface area contributed by atoms with Crippen molar-refractivity contribution >= 4 is 35.1 Å². The zero-order chi connectivity index (χ0) is 24.4. The van der Waals surface area contributed by atoms with Crippen LogP contribution in [0, 0.1) is 5.92 Å². The van der Waals surface area contributed by atoms with Crippen molar-refractivity contribution in [1.29, 1.82) is 0 Å². The second kappa shape index (κ2) is 10.0. The normalized spacial score (nSPS) is 18.0. The average Bonchev–Trinajstić information content (AvgIpc) is 3.54. The van der Waals surface area contributed by atoms with E-state index in [4.69, 9.17) is 21.1 Å². The number of rotatable bonds is 6. The van der Waals surface area contributed by atoms with Crippen molar-refractivity contribution in [3.05, 3.63) is 53.1 Å². The number of benzene rings is 2. The summed E-state index contributed by atoms with van der Waals surface area (Å²) in [6.07, 6.45) is 3.09. The molecular weight excluding hydrogens is 472 g/mol. The summed E-state index contributed by atoms with van der Waals surface area (Å²) in [5, 5.41) is 9.36. The van der Waals surface area contributed by atoms with Crippen LogP contribution in [0.2, 0.25) is 5.02 Å². The quantitative estimate of drug-likeness (QED) is 0.565. The molecule has 2 fully saturated rings. The molecule has 2 aliphatic heterocycles. The summed E-state index contributed by atoms with van der Waals surface area (Å²) in [6.45, 7) is 1.07. The molecule has 1 unspecified atom stereocenters. The summed E-state index contributed by atoms with van der Waals surface area (Å²) in [4.78, 5) is 40.5. The molecule has 2 heterocycles. The molecule has 9 nitrogen and oxygen atoms in total. The first-order chi connectivity index (χ1) is 17.0. The molecule has 2 aromatic rings. The van der Waals surface area contributed by atoms with E-state index in [1.165, 1.54) is 0 Å². The lowest BCUT2D eigenvalue weighted by atomic mass is 9.88. The van der Waals surface area contributed by atoms with Gasteiger partial charge in [-0.15, -0.1) is 0 Å². The smallest absolute Gasteiger partial charge is 0.321 e. The lowest BCUT2D eigenvalue weighted by Gasteiger charge is -2.35. The minimum atomic E-state index is -0.688. The molecule has 5 rings (SSSR count). The lowest BCUT2D eigenvalue weighted by Crippen LogP contribution is -2.54. The number of fused-ring (bicyclic) bond motifs is 1. The topological polar surface area (TPSA) is 109 Å². The van der Waals surface area contributed by atoms with E-state index in [1.54, 1.807) is 47.4 Å². The van der Waals surface area contributed by atoms with E-state index >= 15 is 0 Å². The zero-order valence-corrected chi connectivity index (χ0v) is 19.8. The minimum absolute atomic E-state index is 0.0954. The van der Waals surface area contributed by atoms with Gasteiger partial charge in [0.1, 0.15) is 6.04 Å². The summed E-state index contributed by atoms with van der Waals surface area (Å²) >= 11 is 6.00. The molecule has 3 aliphatic rings. The fourth-order valence-electron chi connectivity index (χ4n) is 4.38. The number of carbonyl (C=O) groups excluding carboxylic acids is 3. The number of halogens is 1. The van der Waals surface area contributed by atoms with Crippen LogP contribution in [0.5, 0.6) is 11.5 Å². The highest BCUT2D eigenvalue weighted by molar-refractivity contribution is 6.30. The zero-order valence-electron chi connectivity index (χ0n) is 19.1. The highest BCUT2D eigenvalue weighted by Gasteiger charge is 2.36. The Morgan fingerprint density at radius 2 is 1.74 bits per heavy atom. The van der Waals surface area contributed by atoms with Gasteiger partial charge < -0.3 is 30.3 Å². The number of hydrogen-bond acceptors (Lipinski definition) is 5. The third-order valence-corrected chi connectivity index (χ3v) is 6.74. The number of hydrogen-bond donors (Lipinski definition) is 3. The van der Waals surface area contributed by atoms with Crippen molar-refractivity contribution in [2.45, 2.75) is 37.8 Å². The Kier molecular flexibility index (Phi) is 6.68. The van der Waals surface area contributed by atoms with Crippen LogP contribution in [0.25, 0.3) is 0 Å². The third-order valence-electron chi connectivity index (χ3n) is 6.50. The largest absolute Gasteiger partial charge is 0.454 e. The van der Waals surface area contributed by atoms with Gasteiger partial charge in [-0.3, -0.25) is 9.59 Å². The number of piperidine rings is 1. The van der Waals surface area contributed by atoms with Crippen molar-refractivity contribution in [3.8, 4) is 11.5 Å². The Morgan fingerprint density at radius 1 is 0.971 bits per heavy atom. The maximum atomic E-state index is 13.1. The summed E-state index contributed by atoms with van der Waals surface area (Å²) in [6, 6.07) is 11.2. The Hall–Kier alpha value is -3.46. The molecule has 4 amide bonds. The first-order valence-electron chi connectivity index (χ1n) is 11.8. The molecule has 1 atom stereocenters. The Balaban J connectivity index is 1.22. The number of carbonyl (C=O) groups is 3. The van der Waals surface area contributed by atoms with Crippen LogP contribution >= 0.6 is 11.6 Å². The lowest BCUT2D eigenvalue weighted by molar-refractivity contribution is -0.124. The van der Waals surface area contributed by atoms with Crippen LogP contribution in [0.1, 0.15) is 36.0 Å². The van der Waals surface area contributed by atoms with Crippen LogP contribution in [-0.4, -0.2) is 54.7 Å². The Morgan fingerprint density at radius 3 is 2.49 bits per heavy atom. The summed E-state index contributed by atoms with van der Waals surface area (Å²) in [5.74, 6) is 0.481. The van der Waals surface area contributed by atoms with Gasteiger partial charge in [-0.2, -0.15) is 0 Å². The van der Waals surface area contributed by atoms with E-state index in [9.17, 15) is 14.4 Å². The van der Waals surface area contributed by atoms with Gasteiger partial charge in [-0.25, -0.2) is 4.79 Å². The Labute approximate surface area is 208 Å². The number of nitrogens with zero attached hydrogens (tertiary/aromatic N) is 1. The summed E-state index contributed by atoms with van der Waals surface area (Å²) in [7, 11) is 0. The van der Waals surface area contributed by atoms with E-state index in [-0.39, 0.29) is 36.6 Å². The minimum Gasteiger partial charge on any atom is -0.454 e. The molecule has 35 heavy (non-hydrogen) atoms. The molecule has 0 bridgehead atoms. The molecule has 2 aromatic carbocycles. The van der Waals surface area contributed by atoms with E-state index in [1.807, 2.05) is 0 Å². The van der Waals surface area contributed by atoms with Crippen molar-refractivity contribution in [2.75, 3.05) is 25.2 Å². The number of urea groups is 1. The van der Waals surface area contributed by atoms with Crippen molar-refractivity contribution < 1.29 is 23.9 Å². The van der Waals surface area contributed by atoms with Crippen LogP contribution < -0.4 is 25.4 Å². The number of likely N-dealkylation sites (tertiary alicyclic amines) is 1. The highest BCUT2D eigenvalue weighted by atomic mass is 35.5. The highest BCUT2D eigenvalue weighted by Crippen LogP contribution is 2.32. The SMILES string of the molecule is O=C(NC(C(=O)NC1CC1)C1CCN(C(=O)Nc2cccc(Cl)c2)CC1)c1ccc2c(c1)OCO2. The van der Waals surface area contributed by atoms with Crippen molar-refractivity contribution in [3.63, 3.8) is 0 Å². The summed E-state index contributed by atoms with van der Waals surface area (Å²) in [5.41, 5.74) is 1.03. The first-order valence-corrected chi connectivity index (χ1v) is 12.2. The first kappa shape index (κ1) is 23.3. The molecule has 1 saturated heterocycles.